The van der Waals surface area contributed by atoms with Gasteiger partial charge >= 0.3 is 0 Å². The minimum absolute atomic E-state index is 0.594. The van der Waals surface area contributed by atoms with E-state index in [-0.39, 0.29) is 0 Å². The van der Waals surface area contributed by atoms with Crippen molar-refractivity contribution in [2.75, 3.05) is 0 Å². The lowest BCUT2D eigenvalue weighted by Gasteiger charge is -2.14. The number of hydrogen-bond donors (Lipinski definition) is 0. The normalized spacial score (nSPS) is 11.1. The number of nitrogens with zero attached hydrogens (tertiary/aromatic N) is 5. The van der Waals surface area contributed by atoms with Gasteiger partial charge in [0.05, 0.1) is 11.4 Å². The van der Waals surface area contributed by atoms with E-state index in [1.54, 1.807) is 0 Å². The van der Waals surface area contributed by atoms with Crippen LogP contribution in [-0.2, 0) is 0 Å². The van der Waals surface area contributed by atoms with Gasteiger partial charge in [0.1, 0.15) is 0 Å². The van der Waals surface area contributed by atoms with Crippen molar-refractivity contribution in [2.24, 2.45) is 0 Å². The van der Waals surface area contributed by atoms with Crippen LogP contribution in [0.25, 0.3) is 101 Å². The second-order valence-electron chi connectivity index (χ2n) is 14.2. The maximum absolute atomic E-state index is 5.18. The van der Waals surface area contributed by atoms with Crippen molar-refractivity contribution in [3.05, 3.63) is 213 Å². The molecule has 0 fully saturated rings. The molecule has 0 aliphatic rings. The highest BCUT2D eigenvalue weighted by Crippen LogP contribution is 2.37. The predicted octanol–water partition coefficient (Wildman–Crippen LogP) is 13.2. The number of pyridine rings is 2. The molecular weight excluding hydrogens is 707 g/mol. The van der Waals surface area contributed by atoms with Crippen molar-refractivity contribution in [2.45, 2.75) is 0 Å². The van der Waals surface area contributed by atoms with Crippen LogP contribution in [0.2, 0.25) is 0 Å². The summed E-state index contributed by atoms with van der Waals surface area (Å²) in [7, 11) is 0. The summed E-state index contributed by atoms with van der Waals surface area (Å²) in [5, 5.41) is 2.20. The molecule has 0 saturated carbocycles. The van der Waals surface area contributed by atoms with E-state index in [1.165, 1.54) is 0 Å². The van der Waals surface area contributed by atoms with Gasteiger partial charge in [-0.3, -0.25) is 4.98 Å². The summed E-state index contributed by atoms with van der Waals surface area (Å²) >= 11 is 0. The van der Waals surface area contributed by atoms with Crippen LogP contribution in [0.15, 0.2) is 213 Å². The molecule has 0 unspecified atom stereocenters. The molecule has 10 rings (SSSR count). The molecule has 0 aliphatic heterocycles. The Morgan fingerprint density at radius 2 is 0.672 bits per heavy atom. The lowest BCUT2D eigenvalue weighted by molar-refractivity contribution is 1.07. The molecule has 0 N–H and O–H groups in total. The topological polar surface area (TPSA) is 64.5 Å². The lowest BCUT2D eigenvalue weighted by atomic mass is 9.93. The third kappa shape index (κ3) is 7.04. The van der Waals surface area contributed by atoms with Gasteiger partial charge in [0, 0.05) is 51.2 Å². The Bertz CT molecular complexity index is 2900. The molecule has 7 aromatic carbocycles. The van der Waals surface area contributed by atoms with Gasteiger partial charge in [-0.15, -0.1) is 0 Å². The van der Waals surface area contributed by atoms with Crippen molar-refractivity contribution >= 4 is 10.8 Å². The predicted molar refractivity (Wildman–Crippen MR) is 236 cm³/mol. The van der Waals surface area contributed by atoms with Crippen LogP contribution < -0.4 is 0 Å². The van der Waals surface area contributed by atoms with Crippen LogP contribution in [0.1, 0.15) is 0 Å². The van der Waals surface area contributed by atoms with E-state index >= 15 is 0 Å². The number of fused-ring (bicyclic) bond motifs is 1. The average molecular weight is 742 g/mol. The van der Waals surface area contributed by atoms with Crippen LogP contribution in [-0.4, -0.2) is 24.9 Å². The maximum atomic E-state index is 5.18. The van der Waals surface area contributed by atoms with Gasteiger partial charge in [0.25, 0.3) is 0 Å². The van der Waals surface area contributed by atoms with E-state index < -0.39 is 0 Å². The zero-order valence-corrected chi connectivity index (χ0v) is 31.4. The molecular formula is C53H35N5. The molecule has 272 valence electrons. The summed E-state index contributed by atoms with van der Waals surface area (Å²) in [6.45, 7) is 0. The first-order valence-electron chi connectivity index (χ1n) is 19.3. The van der Waals surface area contributed by atoms with Gasteiger partial charge in [-0.05, 0) is 63.5 Å². The van der Waals surface area contributed by atoms with Gasteiger partial charge in [0.2, 0.25) is 0 Å². The summed E-state index contributed by atoms with van der Waals surface area (Å²) in [6.07, 6.45) is 3.86. The molecule has 0 radical (unpaired) electrons. The van der Waals surface area contributed by atoms with E-state index in [1.807, 2.05) is 91.3 Å². The highest BCUT2D eigenvalue weighted by molar-refractivity contribution is 5.97. The third-order valence-electron chi connectivity index (χ3n) is 10.4. The van der Waals surface area contributed by atoms with Crippen LogP contribution in [0.4, 0.5) is 0 Å². The Kier molecular flexibility index (Phi) is 9.14. The zero-order valence-electron chi connectivity index (χ0n) is 31.4. The van der Waals surface area contributed by atoms with Crippen LogP contribution >= 0.6 is 0 Å². The van der Waals surface area contributed by atoms with Gasteiger partial charge < -0.3 is 0 Å². The molecule has 58 heavy (non-hydrogen) atoms. The summed E-state index contributed by atoms with van der Waals surface area (Å²) < 4.78 is 0. The van der Waals surface area contributed by atoms with E-state index in [2.05, 4.69) is 126 Å². The molecule has 0 spiro atoms. The second kappa shape index (κ2) is 15.3. The number of rotatable bonds is 8. The number of hydrogen-bond acceptors (Lipinski definition) is 5. The van der Waals surface area contributed by atoms with Gasteiger partial charge in [-0.2, -0.15) is 0 Å². The van der Waals surface area contributed by atoms with Gasteiger partial charge in [0.15, 0.2) is 17.5 Å². The first kappa shape index (κ1) is 34.6. The highest BCUT2D eigenvalue weighted by atomic mass is 15.0. The minimum atomic E-state index is 0.594. The molecule has 5 heteroatoms. The fraction of sp³-hybridized carbons (Fsp3) is 0. The number of benzene rings is 7. The average Bonchev–Trinajstić information content (AvgIpc) is 3.32. The van der Waals surface area contributed by atoms with Crippen LogP contribution in [0.5, 0.6) is 0 Å². The van der Waals surface area contributed by atoms with Gasteiger partial charge in [-0.1, -0.05) is 170 Å². The standard InChI is InChI=1S/C53H35N5/c1-5-15-36(16-6-1)44-32-49(38-17-7-2-8-18-38)55-50(33-44)39-27-25-37(26-28-39)43-29-45(48-35-54-34-42-23-13-14-24-47(42)48)31-46(30-43)53-57-51(40-19-9-3-10-20-40)56-52(58-53)41-21-11-4-12-22-41/h1-35H. The Morgan fingerprint density at radius 1 is 0.259 bits per heavy atom. The maximum Gasteiger partial charge on any atom is 0.164 e. The Morgan fingerprint density at radius 3 is 1.28 bits per heavy atom. The van der Waals surface area contributed by atoms with Gasteiger partial charge in [-0.25, -0.2) is 19.9 Å². The quantitative estimate of drug-likeness (QED) is 0.155. The van der Waals surface area contributed by atoms with Crippen molar-refractivity contribution in [1.29, 1.82) is 0 Å². The molecule has 0 atom stereocenters. The molecule has 0 amide bonds. The first-order chi connectivity index (χ1) is 28.7. The van der Waals surface area contributed by atoms with E-state index in [0.29, 0.717) is 17.5 Å². The second-order valence-corrected chi connectivity index (χ2v) is 14.2. The largest absolute Gasteiger partial charge is 0.263 e. The molecule has 5 nitrogen and oxygen atoms in total. The van der Waals surface area contributed by atoms with Crippen molar-refractivity contribution < 1.29 is 0 Å². The highest BCUT2D eigenvalue weighted by Gasteiger charge is 2.16. The number of aromatic nitrogens is 5. The molecule has 3 aromatic heterocycles. The van der Waals surface area contributed by atoms with Crippen LogP contribution in [0.3, 0.4) is 0 Å². The fourth-order valence-corrected chi connectivity index (χ4v) is 7.43. The summed E-state index contributed by atoms with van der Waals surface area (Å²) in [6, 6.07) is 69.0. The van der Waals surface area contributed by atoms with E-state index in [0.717, 1.165) is 83.4 Å². The molecule has 10 aromatic rings. The SMILES string of the molecule is c1ccc(-c2cc(-c3ccccc3)nc(-c3ccc(-c4cc(-c5nc(-c6ccccc6)nc(-c6ccccc6)n5)cc(-c5cncc6ccccc56)c4)cc3)c2)cc1. The van der Waals surface area contributed by atoms with E-state index in [9.17, 15) is 0 Å². The Hall–Kier alpha value is -7.89. The first-order valence-corrected chi connectivity index (χ1v) is 19.3. The summed E-state index contributed by atoms with van der Waals surface area (Å²) in [5.41, 5.74) is 13.1. The minimum Gasteiger partial charge on any atom is -0.263 e. The lowest BCUT2D eigenvalue weighted by Crippen LogP contribution is -2.00. The molecule has 0 saturated heterocycles. The Balaban J connectivity index is 1.12. The van der Waals surface area contributed by atoms with Crippen LogP contribution in [0, 0.1) is 0 Å². The molecule has 0 aliphatic carbocycles. The van der Waals surface area contributed by atoms with E-state index in [4.69, 9.17) is 19.9 Å². The van der Waals surface area contributed by atoms with Crippen molar-refractivity contribution in [3.63, 3.8) is 0 Å². The van der Waals surface area contributed by atoms with Crippen molar-refractivity contribution in [3.8, 4) is 90.1 Å². The summed E-state index contributed by atoms with van der Waals surface area (Å²) in [5.74, 6) is 1.83. The Labute approximate surface area is 337 Å². The molecule has 0 bridgehead atoms. The summed E-state index contributed by atoms with van der Waals surface area (Å²) in [4.78, 5) is 25.0. The smallest absolute Gasteiger partial charge is 0.164 e. The van der Waals surface area contributed by atoms with Crippen molar-refractivity contribution in [1.82, 2.24) is 24.9 Å². The monoisotopic (exact) mass is 741 g/mol. The fourth-order valence-electron chi connectivity index (χ4n) is 7.43. The third-order valence-corrected chi connectivity index (χ3v) is 10.4. The zero-order chi connectivity index (χ0) is 38.7. The molecule has 3 heterocycles.